The number of para-hydroxylation sites is 1. The van der Waals surface area contributed by atoms with Crippen molar-refractivity contribution in [3.63, 3.8) is 0 Å². The second-order valence-corrected chi connectivity index (χ2v) is 11.4. The number of rotatable bonds is 4. The molecule has 6 aromatic rings. The van der Waals surface area contributed by atoms with Gasteiger partial charge in [0.2, 0.25) is 5.13 Å². The van der Waals surface area contributed by atoms with Crippen LogP contribution in [-0.2, 0) is 0 Å². The molecule has 0 saturated heterocycles. The lowest BCUT2D eigenvalue weighted by molar-refractivity contribution is 0.563. The van der Waals surface area contributed by atoms with E-state index in [1.807, 2.05) is 52.9 Å². The van der Waals surface area contributed by atoms with Gasteiger partial charge in [-0.05, 0) is 54.1 Å². The molecule has 1 aliphatic heterocycles. The van der Waals surface area contributed by atoms with Gasteiger partial charge in [-0.15, -0.1) is 11.3 Å². The third-order valence-corrected chi connectivity index (χ3v) is 8.44. The molecule has 1 atom stereocenters. The van der Waals surface area contributed by atoms with Gasteiger partial charge in [0.05, 0.1) is 28.5 Å². The van der Waals surface area contributed by atoms with Crippen LogP contribution in [0.2, 0.25) is 5.15 Å². The van der Waals surface area contributed by atoms with Crippen LogP contribution in [0.5, 0.6) is 0 Å². The van der Waals surface area contributed by atoms with Gasteiger partial charge in [0.15, 0.2) is 0 Å². The van der Waals surface area contributed by atoms with Gasteiger partial charge in [-0.1, -0.05) is 57.9 Å². The highest BCUT2D eigenvalue weighted by atomic mass is 79.9. The van der Waals surface area contributed by atoms with Crippen LogP contribution < -0.4 is 10.6 Å². The Kier molecular flexibility index (Phi) is 6.22. The molecule has 196 valence electrons. The second-order valence-electron chi connectivity index (χ2n) is 9.32. The molecule has 0 bridgehead atoms. The molecular formula is C30H17BrClFN4O2S. The van der Waals surface area contributed by atoms with Crippen molar-refractivity contribution >= 4 is 71.6 Å². The average molecular weight is 632 g/mol. The fourth-order valence-corrected chi connectivity index (χ4v) is 6.33. The zero-order chi connectivity index (χ0) is 27.4. The fraction of sp³-hybridized carbons (Fsp3) is 0.0667. The summed E-state index contributed by atoms with van der Waals surface area (Å²) in [5.41, 5.74) is 4.04. The van der Waals surface area contributed by atoms with E-state index in [1.54, 1.807) is 24.3 Å². The van der Waals surface area contributed by atoms with Crippen molar-refractivity contribution in [2.75, 3.05) is 5.01 Å². The van der Waals surface area contributed by atoms with E-state index in [0.717, 1.165) is 37.6 Å². The number of pyridine rings is 1. The Morgan fingerprint density at radius 1 is 1.00 bits per heavy atom. The molecular weight excluding hydrogens is 615 g/mol. The molecule has 0 amide bonds. The first-order valence-electron chi connectivity index (χ1n) is 12.3. The third-order valence-electron chi connectivity index (χ3n) is 6.81. The van der Waals surface area contributed by atoms with Crippen LogP contribution in [0.3, 0.4) is 0 Å². The number of hydrazone groups is 1. The largest absolute Gasteiger partial charge is 0.422 e. The quantitative estimate of drug-likeness (QED) is 0.144. The smallest absolute Gasteiger partial charge is 0.345 e. The zero-order valence-electron chi connectivity index (χ0n) is 20.5. The molecule has 3 aromatic heterocycles. The fourth-order valence-electron chi connectivity index (χ4n) is 4.85. The Labute approximate surface area is 244 Å². The minimum absolute atomic E-state index is 0.312. The summed E-state index contributed by atoms with van der Waals surface area (Å²) in [4.78, 5) is 22.3. The van der Waals surface area contributed by atoms with E-state index >= 15 is 0 Å². The van der Waals surface area contributed by atoms with Crippen LogP contribution in [0.1, 0.15) is 23.6 Å². The monoisotopic (exact) mass is 630 g/mol. The van der Waals surface area contributed by atoms with Crippen molar-refractivity contribution in [2.45, 2.75) is 12.5 Å². The predicted molar refractivity (Wildman–Crippen MR) is 161 cm³/mol. The van der Waals surface area contributed by atoms with Crippen LogP contribution in [-0.4, -0.2) is 15.7 Å². The summed E-state index contributed by atoms with van der Waals surface area (Å²) < 4.78 is 20.1. The molecule has 4 heterocycles. The zero-order valence-corrected chi connectivity index (χ0v) is 23.7. The minimum Gasteiger partial charge on any atom is -0.422 e. The van der Waals surface area contributed by atoms with E-state index in [-0.39, 0.29) is 11.9 Å². The van der Waals surface area contributed by atoms with Crippen molar-refractivity contribution in [3.05, 3.63) is 121 Å². The summed E-state index contributed by atoms with van der Waals surface area (Å²) in [7, 11) is 0. The molecule has 10 heteroatoms. The van der Waals surface area contributed by atoms with E-state index in [1.165, 1.54) is 23.5 Å². The average Bonchev–Trinajstić information content (AvgIpc) is 3.61. The van der Waals surface area contributed by atoms with Gasteiger partial charge in [0.25, 0.3) is 0 Å². The third kappa shape index (κ3) is 4.50. The molecule has 1 aliphatic rings. The number of hydrogen-bond donors (Lipinski definition) is 0. The molecule has 0 spiro atoms. The van der Waals surface area contributed by atoms with E-state index in [2.05, 4.69) is 20.9 Å². The standard InChI is InChI=1S/C30H17BrClFN4O2S/c31-19-7-10-27-18(11-19)13-21(29(38)39-27)25-15-40-30(35-25)37-26(14-24(36-37)16-5-8-20(33)9-6-16)22-12-17-3-1-2-4-23(17)34-28(22)32/h1-13,15,26H,14H2. The van der Waals surface area contributed by atoms with Crippen molar-refractivity contribution in [3.8, 4) is 11.3 Å². The molecule has 6 nitrogen and oxygen atoms in total. The topological polar surface area (TPSA) is 71.6 Å². The lowest BCUT2D eigenvalue weighted by atomic mass is 9.98. The van der Waals surface area contributed by atoms with Crippen LogP contribution >= 0.6 is 38.9 Å². The Hall–Kier alpha value is -3.92. The van der Waals surface area contributed by atoms with Gasteiger partial charge in [0.1, 0.15) is 16.6 Å². The van der Waals surface area contributed by atoms with Crippen molar-refractivity contribution < 1.29 is 8.81 Å². The van der Waals surface area contributed by atoms with Crippen LogP contribution in [0.25, 0.3) is 33.1 Å². The Morgan fingerprint density at radius 2 is 1.82 bits per heavy atom. The van der Waals surface area contributed by atoms with Gasteiger partial charge >= 0.3 is 5.63 Å². The lowest BCUT2D eigenvalue weighted by Gasteiger charge is -2.22. The lowest BCUT2D eigenvalue weighted by Crippen LogP contribution is -2.19. The molecule has 0 aliphatic carbocycles. The summed E-state index contributed by atoms with van der Waals surface area (Å²) in [6.07, 6.45) is 0.506. The van der Waals surface area contributed by atoms with Gasteiger partial charge in [-0.2, -0.15) is 5.10 Å². The van der Waals surface area contributed by atoms with Crippen molar-refractivity contribution in [1.29, 1.82) is 0 Å². The Bertz CT molecular complexity index is 2030. The highest BCUT2D eigenvalue weighted by molar-refractivity contribution is 9.10. The van der Waals surface area contributed by atoms with Gasteiger partial charge < -0.3 is 4.42 Å². The minimum atomic E-state index is -0.470. The first kappa shape index (κ1) is 25.1. The number of aromatic nitrogens is 2. The molecule has 7 rings (SSSR count). The van der Waals surface area contributed by atoms with Crippen molar-refractivity contribution in [2.24, 2.45) is 5.10 Å². The number of thiazole rings is 1. The maximum atomic E-state index is 13.7. The van der Waals surface area contributed by atoms with Crippen LogP contribution in [0, 0.1) is 5.82 Å². The van der Waals surface area contributed by atoms with E-state index in [4.69, 9.17) is 26.1 Å². The molecule has 40 heavy (non-hydrogen) atoms. The summed E-state index contributed by atoms with van der Waals surface area (Å²) >= 11 is 11.6. The number of fused-ring (bicyclic) bond motifs is 2. The first-order valence-corrected chi connectivity index (χ1v) is 14.4. The maximum absolute atomic E-state index is 13.7. The second kappa shape index (κ2) is 9.92. The Balaban J connectivity index is 1.33. The molecule has 0 fully saturated rings. The van der Waals surface area contributed by atoms with E-state index < -0.39 is 5.63 Å². The molecule has 0 radical (unpaired) electrons. The summed E-state index contributed by atoms with van der Waals surface area (Å²) in [6, 6.07) is 23.0. The molecule has 1 unspecified atom stereocenters. The number of hydrogen-bond acceptors (Lipinski definition) is 7. The first-order chi connectivity index (χ1) is 19.4. The maximum Gasteiger partial charge on any atom is 0.345 e. The number of halogens is 3. The highest BCUT2D eigenvalue weighted by Crippen LogP contribution is 2.42. The van der Waals surface area contributed by atoms with E-state index in [0.29, 0.717) is 33.5 Å². The molecule has 0 N–H and O–H groups in total. The van der Waals surface area contributed by atoms with E-state index in [9.17, 15) is 9.18 Å². The predicted octanol–water partition coefficient (Wildman–Crippen LogP) is 8.38. The summed E-state index contributed by atoms with van der Waals surface area (Å²) in [6.45, 7) is 0. The summed E-state index contributed by atoms with van der Waals surface area (Å²) in [5.74, 6) is -0.316. The SMILES string of the molecule is O=c1oc2ccc(Br)cc2cc1-c1csc(N2N=C(c3ccc(F)cc3)CC2c2cc3ccccc3nc2Cl)n1. The highest BCUT2D eigenvalue weighted by Gasteiger charge is 2.34. The van der Waals surface area contributed by atoms with Crippen LogP contribution in [0.15, 0.2) is 103 Å². The normalized spacial score (nSPS) is 15.2. The molecule has 0 saturated carbocycles. The van der Waals surface area contributed by atoms with Gasteiger partial charge in [0, 0.05) is 32.6 Å². The molecule has 3 aromatic carbocycles. The number of nitrogens with zero attached hydrogens (tertiary/aromatic N) is 4. The number of anilines is 1. The van der Waals surface area contributed by atoms with Gasteiger partial charge in [-0.3, -0.25) is 0 Å². The summed E-state index contributed by atoms with van der Waals surface area (Å²) in [5, 5.41) is 11.2. The van der Waals surface area contributed by atoms with Crippen LogP contribution in [0.4, 0.5) is 9.52 Å². The van der Waals surface area contributed by atoms with Gasteiger partial charge in [-0.25, -0.2) is 24.2 Å². The Morgan fingerprint density at radius 3 is 2.67 bits per heavy atom. The van der Waals surface area contributed by atoms with Crippen molar-refractivity contribution in [1.82, 2.24) is 9.97 Å². The number of benzene rings is 3.